The molecule has 0 radical (unpaired) electrons. The molecule has 0 amide bonds. The van der Waals surface area contributed by atoms with Crippen LogP contribution < -0.4 is 11.3 Å². The van der Waals surface area contributed by atoms with Crippen molar-refractivity contribution in [1.29, 1.82) is 5.26 Å². The minimum Gasteiger partial charge on any atom is -0.308 e. The van der Waals surface area contributed by atoms with E-state index in [1.54, 1.807) is 11.3 Å². The van der Waals surface area contributed by atoms with Crippen LogP contribution in [0, 0.1) is 17.2 Å². The van der Waals surface area contributed by atoms with Crippen molar-refractivity contribution in [3.8, 4) is 6.07 Å². The fraction of sp³-hybridized carbons (Fsp3) is 0.500. The van der Waals surface area contributed by atoms with E-state index < -0.39 is 0 Å². The normalized spacial score (nSPS) is 11.2. The standard InChI is InChI=1S/C14H20N6S/c1-10(2)8-20(6-3-5-15)9-12-17-13(19-16)11-4-7-21-14(11)18-12/h4,7,10H,3,6,8-9,16H2,1-2H3,(H,17,18,19). The monoisotopic (exact) mass is 304 g/mol. The molecule has 21 heavy (non-hydrogen) atoms. The lowest BCUT2D eigenvalue weighted by molar-refractivity contribution is 0.236. The number of aromatic nitrogens is 2. The fourth-order valence-corrected chi connectivity index (χ4v) is 3.02. The molecule has 0 saturated carbocycles. The number of rotatable bonds is 7. The van der Waals surface area contributed by atoms with Crippen LogP contribution in [0.4, 0.5) is 5.82 Å². The Balaban J connectivity index is 2.21. The maximum Gasteiger partial charge on any atom is 0.152 e. The lowest BCUT2D eigenvalue weighted by atomic mass is 10.2. The molecule has 0 atom stereocenters. The number of fused-ring (bicyclic) bond motifs is 1. The van der Waals surface area contributed by atoms with Gasteiger partial charge >= 0.3 is 0 Å². The number of nitriles is 1. The van der Waals surface area contributed by atoms with Gasteiger partial charge in [0.15, 0.2) is 5.82 Å². The predicted octanol–water partition coefficient (Wildman–Crippen LogP) is 2.35. The van der Waals surface area contributed by atoms with Crippen molar-refractivity contribution in [2.45, 2.75) is 26.8 Å². The van der Waals surface area contributed by atoms with E-state index in [0.717, 1.165) is 29.1 Å². The van der Waals surface area contributed by atoms with E-state index in [4.69, 9.17) is 11.1 Å². The van der Waals surface area contributed by atoms with Crippen LogP contribution in [-0.4, -0.2) is 28.0 Å². The van der Waals surface area contributed by atoms with E-state index in [1.165, 1.54) is 0 Å². The molecule has 0 aliphatic carbocycles. The minimum atomic E-state index is 0.510. The number of nitrogen functional groups attached to an aromatic ring is 1. The van der Waals surface area contributed by atoms with Gasteiger partial charge in [0, 0.05) is 19.5 Å². The van der Waals surface area contributed by atoms with Crippen LogP contribution in [0.25, 0.3) is 10.2 Å². The van der Waals surface area contributed by atoms with Crippen molar-refractivity contribution < 1.29 is 0 Å². The summed E-state index contributed by atoms with van der Waals surface area (Å²) in [4.78, 5) is 12.2. The molecular weight excluding hydrogens is 284 g/mol. The zero-order valence-corrected chi connectivity index (χ0v) is 13.2. The molecule has 6 nitrogen and oxygen atoms in total. The second kappa shape index (κ2) is 7.31. The first-order valence-electron chi connectivity index (χ1n) is 6.94. The minimum absolute atomic E-state index is 0.510. The Bertz CT molecular complexity index is 630. The van der Waals surface area contributed by atoms with Crippen LogP contribution in [0.15, 0.2) is 11.4 Å². The maximum atomic E-state index is 8.78. The smallest absolute Gasteiger partial charge is 0.152 e. The molecule has 7 heteroatoms. The first-order chi connectivity index (χ1) is 10.1. The third-order valence-electron chi connectivity index (χ3n) is 3.04. The van der Waals surface area contributed by atoms with Crippen molar-refractivity contribution >= 4 is 27.4 Å². The van der Waals surface area contributed by atoms with Crippen LogP contribution >= 0.6 is 11.3 Å². The number of hydrogen-bond donors (Lipinski definition) is 2. The molecule has 0 aromatic carbocycles. The average Bonchev–Trinajstić information content (AvgIpc) is 2.91. The summed E-state index contributed by atoms with van der Waals surface area (Å²) in [6.45, 7) is 6.60. The molecule has 0 saturated heterocycles. The van der Waals surface area contributed by atoms with Crippen molar-refractivity contribution in [2.75, 3.05) is 18.5 Å². The van der Waals surface area contributed by atoms with Gasteiger partial charge in [0.2, 0.25) is 0 Å². The molecule has 112 valence electrons. The predicted molar refractivity (Wildman–Crippen MR) is 85.6 cm³/mol. The van der Waals surface area contributed by atoms with Gasteiger partial charge in [0.1, 0.15) is 10.7 Å². The summed E-state index contributed by atoms with van der Waals surface area (Å²) in [5.74, 6) is 7.46. The number of hydrazine groups is 1. The van der Waals surface area contributed by atoms with E-state index in [0.29, 0.717) is 24.7 Å². The molecule has 0 fully saturated rings. The Morgan fingerprint density at radius 2 is 2.29 bits per heavy atom. The Hall–Kier alpha value is -1.75. The number of nitrogens with two attached hydrogens (primary N) is 1. The van der Waals surface area contributed by atoms with Crippen molar-refractivity contribution in [3.05, 3.63) is 17.3 Å². The Labute approximate surface area is 128 Å². The molecule has 2 aromatic heterocycles. The van der Waals surface area contributed by atoms with Crippen molar-refractivity contribution in [2.24, 2.45) is 11.8 Å². The van der Waals surface area contributed by atoms with Gasteiger partial charge < -0.3 is 5.43 Å². The van der Waals surface area contributed by atoms with Gasteiger partial charge in [-0.15, -0.1) is 11.3 Å². The molecule has 0 aliphatic heterocycles. The SMILES string of the molecule is CC(C)CN(CCC#N)Cc1nc(NN)c2ccsc2n1. The highest BCUT2D eigenvalue weighted by molar-refractivity contribution is 7.16. The first-order valence-corrected chi connectivity index (χ1v) is 7.82. The van der Waals surface area contributed by atoms with E-state index in [2.05, 4.69) is 40.2 Å². The number of nitrogens with one attached hydrogen (secondary N) is 1. The van der Waals surface area contributed by atoms with Crippen molar-refractivity contribution in [1.82, 2.24) is 14.9 Å². The second-order valence-corrected chi connectivity index (χ2v) is 6.20. The van der Waals surface area contributed by atoms with Crippen LogP contribution in [-0.2, 0) is 6.54 Å². The van der Waals surface area contributed by atoms with Crippen LogP contribution in [0.5, 0.6) is 0 Å². The van der Waals surface area contributed by atoms with Crippen LogP contribution in [0.3, 0.4) is 0 Å². The number of nitrogens with zero attached hydrogens (tertiary/aromatic N) is 4. The molecule has 2 heterocycles. The summed E-state index contributed by atoms with van der Waals surface area (Å²) in [5, 5.41) is 11.7. The number of anilines is 1. The van der Waals surface area contributed by atoms with Gasteiger partial charge in [-0.1, -0.05) is 13.8 Å². The molecule has 2 aromatic rings. The molecular formula is C14H20N6S. The summed E-state index contributed by atoms with van der Waals surface area (Å²) >= 11 is 1.57. The highest BCUT2D eigenvalue weighted by atomic mass is 32.1. The second-order valence-electron chi connectivity index (χ2n) is 5.31. The summed E-state index contributed by atoms with van der Waals surface area (Å²) in [5.41, 5.74) is 2.64. The van der Waals surface area contributed by atoms with E-state index in [-0.39, 0.29) is 0 Å². The van der Waals surface area contributed by atoms with Crippen molar-refractivity contribution in [3.63, 3.8) is 0 Å². The maximum absolute atomic E-state index is 8.78. The average molecular weight is 304 g/mol. The fourth-order valence-electron chi connectivity index (χ4n) is 2.24. The number of thiophene rings is 1. The van der Waals surface area contributed by atoms with Gasteiger partial charge in [-0.3, -0.25) is 4.90 Å². The quantitative estimate of drug-likeness (QED) is 0.602. The summed E-state index contributed by atoms with van der Waals surface area (Å²) in [6, 6.07) is 4.15. The lowest BCUT2D eigenvalue weighted by Gasteiger charge is -2.22. The van der Waals surface area contributed by atoms with E-state index in [9.17, 15) is 0 Å². The first kappa shape index (κ1) is 15.6. The van der Waals surface area contributed by atoms with E-state index in [1.807, 2.05) is 11.4 Å². The van der Waals surface area contributed by atoms with Gasteiger partial charge in [-0.05, 0) is 17.4 Å². The van der Waals surface area contributed by atoms with Crippen LogP contribution in [0.1, 0.15) is 26.1 Å². The third-order valence-corrected chi connectivity index (χ3v) is 3.84. The largest absolute Gasteiger partial charge is 0.308 e. The molecule has 0 spiro atoms. The molecule has 3 N–H and O–H groups in total. The van der Waals surface area contributed by atoms with Gasteiger partial charge in [0.25, 0.3) is 0 Å². The van der Waals surface area contributed by atoms with Gasteiger partial charge in [0.05, 0.1) is 18.0 Å². The van der Waals surface area contributed by atoms with Crippen LogP contribution in [0.2, 0.25) is 0 Å². The highest BCUT2D eigenvalue weighted by Crippen LogP contribution is 2.24. The number of hydrogen-bond acceptors (Lipinski definition) is 7. The molecule has 2 rings (SSSR count). The molecule has 0 unspecified atom stereocenters. The van der Waals surface area contributed by atoms with E-state index >= 15 is 0 Å². The zero-order valence-electron chi connectivity index (χ0n) is 12.3. The lowest BCUT2D eigenvalue weighted by Crippen LogP contribution is -2.29. The zero-order chi connectivity index (χ0) is 15.2. The highest BCUT2D eigenvalue weighted by Gasteiger charge is 2.13. The molecule has 0 bridgehead atoms. The van der Waals surface area contributed by atoms with Gasteiger partial charge in [-0.25, -0.2) is 15.8 Å². The third kappa shape index (κ3) is 4.11. The Morgan fingerprint density at radius 3 is 2.95 bits per heavy atom. The summed E-state index contributed by atoms with van der Waals surface area (Å²) in [7, 11) is 0. The molecule has 0 aliphatic rings. The van der Waals surface area contributed by atoms with Gasteiger partial charge in [-0.2, -0.15) is 5.26 Å². The topological polar surface area (TPSA) is 90.9 Å². The Morgan fingerprint density at radius 1 is 1.48 bits per heavy atom. The summed E-state index contributed by atoms with van der Waals surface area (Å²) < 4.78 is 0. The summed E-state index contributed by atoms with van der Waals surface area (Å²) in [6.07, 6.45) is 0.510. The Kier molecular flexibility index (Phi) is 5.44.